The average molecular weight is 499 g/mol. The van der Waals surface area contributed by atoms with Crippen molar-refractivity contribution in [3.63, 3.8) is 0 Å². The van der Waals surface area contributed by atoms with Gasteiger partial charge in [-0.1, -0.05) is 60.1 Å². The molecule has 0 bridgehead atoms. The Bertz CT molecular complexity index is 981. The van der Waals surface area contributed by atoms with Gasteiger partial charge in [0.2, 0.25) is 0 Å². The summed E-state index contributed by atoms with van der Waals surface area (Å²) in [6.07, 6.45) is 11.7. The van der Waals surface area contributed by atoms with Crippen LogP contribution in [0.1, 0.15) is 113 Å². The van der Waals surface area contributed by atoms with Crippen molar-refractivity contribution in [2.45, 2.75) is 119 Å². The van der Waals surface area contributed by atoms with E-state index in [1.54, 1.807) is 6.92 Å². The highest BCUT2D eigenvalue weighted by atomic mass is 16.5. The maximum absolute atomic E-state index is 12.9. The Morgan fingerprint density at radius 2 is 1.61 bits per heavy atom. The normalized spacial score (nSPS) is 51.5. The third-order valence-corrected chi connectivity index (χ3v) is 13.7. The number of rotatable bonds is 2. The van der Waals surface area contributed by atoms with E-state index in [0.717, 1.165) is 51.4 Å². The molecule has 5 aliphatic carbocycles. The third kappa shape index (κ3) is 3.17. The number of hydrogen-bond donors (Lipinski definition) is 1. The van der Waals surface area contributed by atoms with E-state index in [9.17, 15) is 14.7 Å². The average Bonchev–Trinajstić information content (AvgIpc) is 2.78. The maximum atomic E-state index is 12.9. The molecule has 36 heavy (non-hydrogen) atoms. The summed E-state index contributed by atoms with van der Waals surface area (Å²) in [5.74, 6) is 1.53. The lowest BCUT2D eigenvalue weighted by Crippen LogP contribution is -2.65. The van der Waals surface area contributed by atoms with E-state index in [-0.39, 0.29) is 39.7 Å². The lowest BCUT2D eigenvalue weighted by atomic mass is 9.33. The molecule has 1 N–H and O–H groups in total. The van der Waals surface area contributed by atoms with Crippen LogP contribution in [0.5, 0.6) is 0 Å². The Kier molecular flexibility index (Phi) is 5.91. The Morgan fingerprint density at radius 3 is 2.25 bits per heavy atom. The van der Waals surface area contributed by atoms with Gasteiger partial charge in [0.1, 0.15) is 6.10 Å². The highest BCUT2D eigenvalue weighted by Crippen LogP contribution is 2.75. The second-order valence-corrected chi connectivity index (χ2v) is 15.1. The summed E-state index contributed by atoms with van der Waals surface area (Å²) in [7, 11) is 0. The van der Waals surface area contributed by atoms with Gasteiger partial charge in [-0.3, -0.25) is 9.59 Å². The minimum Gasteiger partial charge on any atom is -0.481 e. The van der Waals surface area contributed by atoms with Gasteiger partial charge in [-0.2, -0.15) is 0 Å². The van der Waals surface area contributed by atoms with E-state index in [1.165, 1.54) is 12.0 Å². The number of carboxylic acid groups (broad SMARTS) is 1. The van der Waals surface area contributed by atoms with Gasteiger partial charge >= 0.3 is 11.9 Å². The molecule has 202 valence electrons. The molecule has 4 fully saturated rings. The summed E-state index contributed by atoms with van der Waals surface area (Å²) < 4.78 is 5.88. The van der Waals surface area contributed by atoms with Crippen molar-refractivity contribution in [2.75, 3.05) is 0 Å². The second-order valence-electron chi connectivity index (χ2n) is 15.1. The molecule has 10 atom stereocenters. The van der Waals surface area contributed by atoms with Gasteiger partial charge in [-0.15, -0.1) is 0 Å². The van der Waals surface area contributed by atoms with Crippen molar-refractivity contribution in [1.29, 1.82) is 0 Å². The zero-order valence-corrected chi connectivity index (χ0v) is 24.1. The van der Waals surface area contributed by atoms with Crippen LogP contribution in [-0.4, -0.2) is 23.1 Å². The summed E-state index contributed by atoms with van der Waals surface area (Å²) in [6.45, 7) is 18.5. The summed E-state index contributed by atoms with van der Waals surface area (Å²) in [5.41, 5.74) is 1.30. The molecule has 0 aliphatic heterocycles. The predicted octanol–water partition coefficient (Wildman–Crippen LogP) is 7.66. The standard InChI is InChI=1S/C32H50O4/c1-19-11-16-32(27(34)35)18-17-30(7)22(26(32)20(19)2)9-10-24-29(6)14-13-25(36-21(3)33)28(4,5)23(29)12-15-31(24,30)8/h9,19-20,23-26H,10-18H2,1-8H3,(H,34,35)/t19-,20-,23+,24+,25-,26+,29-,30+,31+,32-/m0/s1. The number of carboxylic acids is 1. The molecule has 5 rings (SSSR count). The molecule has 0 heterocycles. The number of hydrogen-bond acceptors (Lipinski definition) is 3. The molecule has 0 aromatic heterocycles. The fourth-order valence-corrected chi connectivity index (χ4v) is 11.2. The van der Waals surface area contributed by atoms with Crippen LogP contribution in [-0.2, 0) is 14.3 Å². The van der Waals surface area contributed by atoms with Gasteiger partial charge in [-0.05, 0) is 104 Å². The molecule has 0 saturated heterocycles. The minimum atomic E-state index is -0.578. The Balaban J connectivity index is 1.56. The maximum Gasteiger partial charge on any atom is 0.310 e. The number of esters is 1. The number of aliphatic carboxylic acids is 1. The summed E-state index contributed by atoms with van der Waals surface area (Å²) >= 11 is 0. The monoisotopic (exact) mass is 498 g/mol. The SMILES string of the molecule is CC(=O)O[C@H]1CC[C@@]2(C)[C@H](CC[C@]3(C)[C@@H]2CC=C2[C@H]4[C@@H](C)[C@@H](C)CC[C@]4(C(=O)O)CC[C@]23C)C1(C)C. The number of carbonyl (C=O) groups is 2. The highest BCUT2D eigenvalue weighted by Gasteiger charge is 2.69. The van der Waals surface area contributed by atoms with Gasteiger partial charge < -0.3 is 9.84 Å². The molecule has 0 aromatic carbocycles. The number of ether oxygens (including phenoxy) is 1. The van der Waals surface area contributed by atoms with E-state index < -0.39 is 11.4 Å². The first-order valence-electron chi connectivity index (χ1n) is 14.8. The van der Waals surface area contributed by atoms with Gasteiger partial charge in [-0.25, -0.2) is 0 Å². The van der Waals surface area contributed by atoms with Crippen LogP contribution in [0.25, 0.3) is 0 Å². The number of carbonyl (C=O) groups excluding carboxylic acids is 1. The van der Waals surface area contributed by atoms with Crippen molar-refractivity contribution in [3.05, 3.63) is 11.6 Å². The van der Waals surface area contributed by atoms with Crippen molar-refractivity contribution in [1.82, 2.24) is 0 Å². The van der Waals surface area contributed by atoms with Gasteiger partial charge in [0.05, 0.1) is 5.41 Å². The molecule has 0 radical (unpaired) electrons. The lowest BCUT2D eigenvalue weighted by molar-refractivity contribution is -0.214. The van der Waals surface area contributed by atoms with Crippen LogP contribution in [0.4, 0.5) is 0 Å². The quantitative estimate of drug-likeness (QED) is 0.313. The topological polar surface area (TPSA) is 63.6 Å². The summed E-state index contributed by atoms with van der Waals surface area (Å²) in [5, 5.41) is 10.6. The van der Waals surface area contributed by atoms with Crippen molar-refractivity contribution in [2.24, 2.45) is 56.7 Å². The highest BCUT2D eigenvalue weighted by molar-refractivity contribution is 5.76. The fraction of sp³-hybridized carbons (Fsp3) is 0.875. The zero-order chi connectivity index (χ0) is 26.5. The van der Waals surface area contributed by atoms with E-state index in [0.29, 0.717) is 23.7 Å². The summed E-state index contributed by atoms with van der Waals surface area (Å²) in [6, 6.07) is 0. The van der Waals surface area contributed by atoms with Crippen LogP contribution in [0.15, 0.2) is 11.6 Å². The second kappa shape index (κ2) is 8.09. The molecular weight excluding hydrogens is 448 g/mol. The van der Waals surface area contributed by atoms with E-state index in [2.05, 4.69) is 54.5 Å². The van der Waals surface area contributed by atoms with E-state index in [1.807, 2.05) is 0 Å². The first-order chi connectivity index (χ1) is 16.6. The Labute approximate surface area is 219 Å². The molecule has 4 saturated carbocycles. The minimum absolute atomic E-state index is 0.00171. The smallest absolute Gasteiger partial charge is 0.310 e. The summed E-state index contributed by atoms with van der Waals surface area (Å²) in [4.78, 5) is 24.7. The third-order valence-electron chi connectivity index (χ3n) is 13.7. The zero-order valence-electron chi connectivity index (χ0n) is 24.1. The molecule has 0 spiro atoms. The van der Waals surface area contributed by atoms with Crippen molar-refractivity contribution < 1.29 is 19.4 Å². The number of fused-ring (bicyclic) bond motifs is 7. The molecule has 0 amide bonds. The van der Waals surface area contributed by atoms with Crippen LogP contribution in [0, 0.1) is 56.7 Å². The van der Waals surface area contributed by atoms with Crippen LogP contribution in [0.2, 0.25) is 0 Å². The number of allylic oxidation sites excluding steroid dienone is 2. The van der Waals surface area contributed by atoms with Crippen molar-refractivity contribution >= 4 is 11.9 Å². The molecule has 0 aromatic rings. The van der Waals surface area contributed by atoms with Crippen LogP contribution in [0.3, 0.4) is 0 Å². The Morgan fingerprint density at radius 1 is 0.917 bits per heavy atom. The first-order valence-corrected chi connectivity index (χ1v) is 14.8. The van der Waals surface area contributed by atoms with Gasteiger partial charge in [0.15, 0.2) is 0 Å². The molecule has 4 nitrogen and oxygen atoms in total. The van der Waals surface area contributed by atoms with Crippen molar-refractivity contribution in [3.8, 4) is 0 Å². The molecule has 4 heteroatoms. The van der Waals surface area contributed by atoms with E-state index in [4.69, 9.17) is 4.74 Å². The molecule has 5 aliphatic rings. The van der Waals surface area contributed by atoms with Gasteiger partial charge in [0.25, 0.3) is 0 Å². The largest absolute Gasteiger partial charge is 0.481 e. The molecule has 0 unspecified atom stereocenters. The molecular formula is C32H50O4. The van der Waals surface area contributed by atoms with Crippen LogP contribution < -0.4 is 0 Å². The first kappa shape index (κ1) is 26.3. The van der Waals surface area contributed by atoms with E-state index >= 15 is 0 Å². The lowest BCUT2D eigenvalue weighted by Gasteiger charge is -2.71. The van der Waals surface area contributed by atoms with Gasteiger partial charge in [0, 0.05) is 12.3 Å². The predicted molar refractivity (Wildman–Crippen MR) is 142 cm³/mol. The van der Waals surface area contributed by atoms with Crippen LogP contribution >= 0.6 is 0 Å². The fourth-order valence-electron chi connectivity index (χ4n) is 11.2. The Hall–Kier alpha value is -1.32.